The van der Waals surface area contributed by atoms with Crippen molar-refractivity contribution in [1.29, 1.82) is 5.26 Å². The van der Waals surface area contributed by atoms with Gasteiger partial charge in [0.15, 0.2) is 23.1 Å². The van der Waals surface area contributed by atoms with E-state index in [0.717, 1.165) is 82.9 Å². The quantitative estimate of drug-likeness (QED) is 0.0522. The number of carbonyl (C=O) groups is 3. The van der Waals surface area contributed by atoms with E-state index in [1.165, 1.54) is 18.2 Å². The Labute approximate surface area is 508 Å². The van der Waals surface area contributed by atoms with Crippen molar-refractivity contribution in [3.05, 3.63) is 236 Å². The average Bonchev–Trinajstić information content (AvgIpc) is 1.87. The molecule has 6 heterocycles. The average molecular weight is 1190 g/mol. The molecule has 17 nitrogen and oxygen atoms in total. The van der Waals surface area contributed by atoms with Crippen LogP contribution in [-0.4, -0.2) is 62.9 Å². The number of H-pyrrole nitrogens is 3. The van der Waals surface area contributed by atoms with Crippen LogP contribution < -0.4 is 17.2 Å². The Balaban J connectivity index is 0.000000147. The van der Waals surface area contributed by atoms with Crippen molar-refractivity contribution in [2.75, 3.05) is 17.2 Å². The second-order valence-corrected chi connectivity index (χ2v) is 21.6. The van der Waals surface area contributed by atoms with Crippen LogP contribution >= 0.6 is 0 Å². The minimum Gasteiger partial charge on any atom is -0.382 e. The number of fused-ring (bicyclic) bond motifs is 3. The first kappa shape index (κ1) is 60.5. The van der Waals surface area contributed by atoms with Gasteiger partial charge in [-0.3, -0.25) is 44.6 Å². The van der Waals surface area contributed by atoms with E-state index in [4.69, 9.17) is 29.0 Å². The highest BCUT2D eigenvalue weighted by atomic mass is 19.1. The molecule has 0 aliphatic rings. The summed E-state index contributed by atoms with van der Waals surface area (Å²) >= 11 is 0. The Morgan fingerprint density at radius 3 is 1.35 bits per heavy atom. The molecule has 0 fully saturated rings. The van der Waals surface area contributed by atoms with Crippen molar-refractivity contribution in [2.45, 2.75) is 66.2 Å². The van der Waals surface area contributed by atoms with E-state index >= 15 is 0 Å². The van der Waals surface area contributed by atoms with Crippen molar-refractivity contribution in [3.8, 4) is 39.8 Å². The first-order chi connectivity index (χ1) is 42.8. The second-order valence-electron chi connectivity index (χ2n) is 21.6. The minimum absolute atomic E-state index is 0.0449. The summed E-state index contributed by atoms with van der Waals surface area (Å²) in [6, 6.07) is 39.1. The maximum atomic E-state index is 14.3. The third-order valence-electron chi connectivity index (χ3n) is 15.1. The molecule has 12 aromatic rings. The number of anilines is 3. The van der Waals surface area contributed by atoms with Crippen LogP contribution in [0.4, 0.5) is 36.3 Å². The summed E-state index contributed by atoms with van der Waals surface area (Å²) in [5.41, 5.74) is 31.6. The molecule has 0 aliphatic heterocycles. The molecule has 20 heteroatoms. The maximum Gasteiger partial charge on any atom is 0.196 e. The summed E-state index contributed by atoms with van der Waals surface area (Å²) in [7, 11) is 0. The highest BCUT2D eigenvalue weighted by molar-refractivity contribution is 6.03. The number of nitrogen functional groups attached to an aromatic ring is 3. The van der Waals surface area contributed by atoms with Crippen LogP contribution in [-0.2, 0) is 52.9 Å². The number of pyridine rings is 3. The minimum atomic E-state index is -0.629. The normalized spacial score (nSPS) is 10.9. The first-order valence-electron chi connectivity index (χ1n) is 28.0. The number of nitrogens with zero attached hydrogens (tertiary/aromatic N) is 8. The lowest BCUT2D eigenvalue weighted by Gasteiger charge is -2.08. The predicted molar refractivity (Wildman–Crippen MR) is 338 cm³/mol. The fourth-order valence-corrected chi connectivity index (χ4v) is 10.6. The maximum absolute atomic E-state index is 14.3. The highest BCUT2D eigenvalue weighted by Crippen LogP contribution is 2.34. The van der Waals surface area contributed by atoms with E-state index in [-0.39, 0.29) is 84.1 Å². The van der Waals surface area contributed by atoms with Gasteiger partial charge < -0.3 is 17.2 Å². The molecule has 0 spiro atoms. The van der Waals surface area contributed by atoms with Gasteiger partial charge in [0.05, 0.1) is 61.9 Å². The number of ketones is 3. The molecular formula is C69H57F3N14O3. The number of nitriles is 1. The summed E-state index contributed by atoms with van der Waals surface area (Å²) in [5, 5.41) is 32.2. The SMILES string of the molecule is Cc1cc(C#N)c(F)c(CC(=O)Cc2ccc(-c3cccc4[nH]nc(N)c34)nc2)c1.Cc1cc(F)c(CC(=O)Cc2ccc(-c3cccc4[nH]nc(N)c34)nc2)cc1C.[C-]#[N+]c1c(C)ccc(F)c1CC(=O)Cc1ccc(-c2cccc3[nH]nc(N)c23)nc1. The number of aromatic amines is 3. The Morgan fingerprint density at radius 2 is 0.933 bits per heavy atom. The van der Waals surface area contributed by atoms with Gasteiger partial charge in [-0.15, -0.1) is 0 Å². The monoisotopic (exact) mass is 1190 g/mol. The Kier molecular flexibility index (Phi) is 17.9. The van der Waals surface area contributed by atoms with Crippen LogP contribution in [0.5, 0.6) is 0 Å². The summed E-state index contributed by atoms with van der Waals surface area (Å²) in [6.45, 7) is 14.5. The van der Waals surface area contributed by atoms with Crippen LogP contribution in [0.25, 0.3) is 71.3 Å². The number of hydrogen-bond donors (Lipinski definition) is 6. The van der Waals surface area contributed by atoms with Gasteiger partial charge in [-0.05, 0) is 132 Å². The van der Waals surface area contributed by atoms with Crippen molar-refractivity contribution >= 4 is 73.2 Å². The number of rotatable bonds is 15. The van der Waals surface area contributed by atoms with Crippen LogP contribution in [0.3, 0.4) is 0 Å². The van der Waals surface area contributed by atoms with Gasteiger partial charge in [0.1, 0.15) is 40.9 Å². The molecule has 0 unspecified atom stereocenters. The number of aromatic nitrogens is 9. The number of carbonyl (C=O) groups excluding carboxylic acids is 3. The smallest absolute Gasteiger partial charge is 0.196 e. The van der Waals surface area contributed by atoms with Gasteiger partial charge in [-0.25, -0.2) is 18.0 Å². The fourth-order valence-electron chi connectivity index (χ4n) is 10.6. The molecule has 0 saturated heterocycles. The zero-order chi connectivity index (χ0) is 63.0. The molecule has 0 radical (unpaired) electrons. The number of aryl methyl sites for hydroxylation is 4. The predicted octanol–water partition coefficient (Wildman–Crippen LogP) is 12.8. The number of hydrogen-bond acceptors (Lipinski definition) is 13. The lowest BCUT2D eigenvalue weighted by atomic mass is 9.99. The molecule has 6 aromatic carbocycles. The van der Waals surface area contributed by atoms with Crippen molar-refractivity contribution in [3.63, 3.8) is 0 Å². The molecule has 9 N–H and O–H groups in total. The molecule has 442 valence electrons. The molecule has 12 rings (SSSR count). The Hall–Kier alpha value is -11.6. The van der Waals surface area contributed by atoms with E-state index in [0.29, 0.717) is 45.5 Å². The van der Waals surface area contributed by atoms with Crippen molar-refractivity contribution < 1.29 is 27.6 Å². The topological polar surface area (TPSA) is 282 Å². The van der Waals surface area contributed by atoms with Gasteiger partial charge in [0.2, 0.25) is 0 Å². The number of benzene rings is 6. The summed E-state index contributed by atoms with van der Waals surface area (Å²) < 4.78 is 42.6. The molecule has 0 atom stereocenters. The fraction of sp³-hybridized carbons (Fsp3) is 0.145. The van der Waals surface area contributed by atoms with E-state index < -0.39 is 11.6 Å². The van der Waals surface area contributed by atoms with Crippen molar-refractivity contribution in [1.82, 2.24) is 45.5 Å². The molecule has 0 saturated carbocycles. The van der Waals surface area contributed by atoms with Gasteiger partial charge in [-0.1, -0.05) is 72.8 Å². The largest absolute Gasteiger partial charge is 0.382 e. The van der Waals surface area contributed by atoms with Crippen LogP contribution in [0.15, 0.2) is 146 Å². The van der Waals surface area contributed by atoms with E-state index in [9.17, 15) is 27.6 Å². The Bertz CT molecular complexity index is 4770. The van der Waals surface area contributed by atoms with Crippen LogP contribution in [0.2, 0.25) is 0 Å². The highest BCUT2D eigenvalue weighted by Gasteiger charge is 2.20. The Morgan fingerprint density at radius 1 is 0.506 bits per heavy atom. The first-order valence-corrected chi connectivity index (χ1v) is 28.0. The van der Waals surface area contributed by atoms with Gasteiger partial charge in [0.25, 0.3) is 0 Å². The van der Waals surface area contributed by atoms with Gasteiger partial charge >= 0.3 is 0 Å². The third kappa shape index (κ3) is 13.6. The second kappa shape index (κ2) is 26.3. The summed E-state index contributed by atoms with van der Waals surface area (Å²) in [4.78, 5) is 54.3. The van der Waals surface area contributed by atoms with Crippen LogP contribution in [0, 0.1) is 63.0 Å². The summed E-state index contributed by atoms with van der Waals surface area (Å²) in [6.07, 6.45) is 5.25. The standard InChI is InChI=1S/2C23H18FN5O.C23H21FN4O/c1-13-6-8-18(24)17(22(13)26-2)11-15(30)10-14-7-9-19(27-12-14)16-4-3-5-20-21(16)23(25)29-28-20;1-13-7-15(22(24)16(8-13)11-25)10-17(30)9-14-5-6-19(27-12-14)18-3-2-4-20-21(18)23(26)29-28-20;1-13-8-16(19(24)9-14(13)2)11-17(29)10-15-6-7-20(26-12-15)18-4-3-5-21-22(18)23(25)28-27-21/h3-9,12H,10-11H2,1H3,(H3,25,28,29);2-8,12H,9-10H2,1H3,(H3,26,28,29);3-9,12H,10-11H2,1-2H3,(H3,25,27,28). The molecule has 89 heavy (non-hydrogen) atoms. The zero-order valence-electron chi connectivity index (χ0n) is 48.8. The molecule has 6 aromatic heterocycles. The number of nitrogens with two attached hydrogens (primary N) is 3. The lowest BCUT2D eigenvalue weighted by Crippen LogP contribution is -2.09. The van der Waals surface area contributed by atoms with Crippen LogP contribution in [0.1, 0.15) is 61.2 Å². The van der Waals surface area contributed by atoms with Gasteiger partial charge in [0, 0.05) is 79.4 Å². The molecular weight excluding hydrogens is 1130 g/mol. The van der Waals surface area contributed by atoms with Crippen molar-refractivity contribution in [2.24, 2.45) is 0 Å². The van der Waals surface area contributed by atoms with E-state index in [1.807, 2.05) is 111 Å². The lowest BCUT2D eigenvalue weighted by molar-refractivity contribution is -0.118. The third-order valence-corrected chi connectivity index (χ3v) is 15.1. The number of nitrogens with one attached hydrogen (secondary N) is 3. The molecule has 0 amide bonds. The molecule has 0 bridgehead atoms. The van der Waals surface area contributed by atoms with E-state index in [1.54, 1.807) is 50.6 Å². The van der Waals surface area contributed by atoms with E-state index in [2.05, 4.69) is 50.4 Å². The summed E-state index contributed by atoms with van der Waals surface area (Å²) in [5.74, 6) is -0.652. The number of halogens is 3. The number of Topliss-reactive ketones (excluding diaryl/α,β-unsaturated/α-hetero) is 3. The van der Waals surface area contributed by atoms with Gasteiger partial charge in [-0.2, -0.15) is 20.6 Å². The zero-order valence-corrected chi connectivity index (χ0v) is 48.8. The molecule has 0 aliphatic carbocycles.